The Morgan fingerprint density at radius 3 is 1.61 bits per heavy atom. The summed E-state index contributed by atoms with van der Waals surface area (Å²) >= 11 is 0. The third kappa shape index (κ3) is 5.84. The van der Waals surface area contributed by atoms with E-state index in [1.54, 1.807) is 0 Å². The quantitative estimate of drug-likeness (QED) is 0.153. The van der Waals surface area contributed by atoms with Crippen molar-refractivity contribution in [2.45, 2.75) is 0 Å². The Balaban J connectivity index is 0.993. The number of benzene rings is 10. The smallest absolute Gasteiger partial charge is 0.137 e. The standard InChI is InChI=1S/C58H39N3O/c1-4-17-41(18-5-1)59(54-28-16-30-57-58(54)51-26-13-15-29-56(51)62-57)44-33-31-40(32-34-44)46-37-38-53(48-24-11-10-23-47(46)48)60(42-19-6-2-7-20-42)45-35-36-50-49-25-12-14-27-52(49)61(55(50)39-45)43-21-8-3-9-22-43/h1-39H. The number of para-hydroxylation sites is 5. The number of rotatable bonds is 8. The van der Waals surface area contributed by atoms with Crippen LogP contribution in [0.3, 0.4) is 0 Å². The molecule has 0 radical (unpaired) electrons. The average Bonchev–Trinajstić information content (AvgIpc) is 3.89. The van der Waals surface area contributed by atoms with Gasteiger partial charge in [0.05, 0.1) is 27.8 Å². The third-order valence-electron chi connectivity index (χ3n) is 12.2. The summed E-state index contributed by atoms with van der Waals surface area (Å²) in [4.78, 5) is 4.74. The first-order chi connectivity index (χ1) is 30.8. The minimum atomic E-state index is 0.871. The molecule has 62 heavy (non-hydrogen) atoms. The summed E-state index contributed by atoms with van der Waals surface area (Å²) in [7, 11) is 0. The molecular weight excluding hydrogens is 755 g/mol. The molecule has 0 unspecified atom stereocenters. The van der Waals surface area contributed by atoms with E-state index in [0.29, 0.717) is 0 Å². The summed E-state index contributed by atoms with van der Waals surface area (Å²) in [5, 5.41) is 7.03. The first-order valence-corrected chi connectivity index (χ1v) is 21.1. The molecule has 0 spiro atoms. The number of anilines is 6. The molecule has 12 aromatic rings. The number of nitrogens with zero attached hydrogens (tertiary/aromatic N) is 3. The average molecular weight is 794 g/mol. The van der Waals surface area contributed by atoms with Crippen LogP contribution in [0.2, 0.25) is 0 Å². The van der Waals surface area contributed by atoms with Gasteiger partial charge in [-0.1, -0.05) is 146 Å². The SMILES string of the molecule is c1ccc(N(c2ccc3c4ccccc4n(-c4ccccc4)c3c2)c2ccc(-c3ccc(N(c4ccccc4)c4cccc5oc6ccccc6c45)cc3)c3ccccc23)cc1. The fourth-order valence-corrected chi connectivity index (χ4v) is 9.42. The van der Waals surface area contributed by atoms with E-state index in [4.69, 9.17) is 4.42 Å². The van der Waals surface area contributed by atoms with Crippen molar-refractivity contribution in [3.8, 4) is 16.8 Å². The summed E-state index contributed by atoms with van der Waals surface area (Å²) in [5.74, 6) is 0. The van der Waals surface area contributed by atoms with Gasteiger partial charge < -0.3 is 18.8 Å². The van der Waals surface area contributed by atoms with Gasteiger partial charge >= 0.3 is 0 Å². The van der Waals surface area contributed by atoms with Crippen molar-refractivity contribution in [3.63, 3.8) is 0 Å². The van der Waals surface area contributed by atoms with Crippen LogP contribution in [0, 0.1) is 0 Å². The van der Waals surface area contributed by atoms with E-state index in [1.165, 1.54) is 38.1 Å². The molecule has 0 saturated carbocycles. The molecule has 0 aliphatic rings. The fraction of sp³-hybridized carbons (Fsp3) is 0. The largest absolute Gasteiger partial charge is 0.456 e. The lowest BCUT2D eigenvalue weighted by Gasteiger charge is -2.28. The molecule has 12 rings (SSSR count). The van der Waals surface area contributed by atoms with E-state index >= 15 is 0 Å². The topological polar surface area (TPSA) is 24.6 Å². The Morgan fingerprint density at radius 2 is 0.871 bits per heavy atom. The lowest BCUT2D eigenvalue weighted by Crippen LogP contribution is -2.11. The maximum Gasteiger partial charge on any atom is 0.137 e. The second-order valence-electron chi connectivity index (χ2n) is 15.7. The lowest BCUT2D eigenvalue weighted by molar-refractivity contribution is 0.669. The zero-order valence-corrected chi connectivity index (χ0v) is 33.8. The van der Waals surface area contributed by atoms with Crippen molar-refractivity contribution in [3.05, 3.63) is 237 Å². The summed E-state index contributed by atoms with van der Waals surface area (Å²) in [6.45, 7) is 0. The van der Waals surface area contributed by atoms with E-state index in [1.807, 2.05) is 12.1 Å². The highest BCUT2D eigenvalue weighted by Crippen LogP contribution is 2.46. The molecule has 4 nitrogen and oxygen atoms in total. The van der Waals surface area contributed by atoms with Gasteiger partial charge in [0.2, 0.25) is 0 Å². The van der Waals surface area contributed by atoms with Crippen LogP contribution >= 0.6 is 0 Å². The molecule has 2 aromatic heterocycles. The predicted molar refractivity (Wildman–Crippen MR) is 260 cm³/mol. The van der Waals surface area contributed by atoms with Gasteiger partial charge in [0.15, 0.2) is 0 Å². The molecule has 0 N–H and O–H groups in total. The Morgan fingerprint density at radius 1 is 0.323 bits per heavy atom. The lowest BCUT2D eigenvalue weighted by atomic mass is 9.96. The van der Waals surface area contributed by atoms with Crippen molar-refractivity contribution < 1.29 is 4.42 Å². The summed E-state index contributed by atoms with van der Waals surface area (Å²) < 4.78 is 8.73. The van der Waals surface area contributed by atoms with Crippen LogP contribution in [0.15, 0.2) is 241 Å². The molecule has 0 bridgehead atoms. The van der Waals surface area contributed by atoms with E-state index in [2.05, 4.69) is 239 Å². The molecule has 292 valence electrons. The highest BCUT2D eigenvalue weighted by molar-refractivity contribution is 6.14. The van der Waals surface area contributed by atoms with E-state index < -0.39 is 0 Å². The number of fused-ring (bicyclic) bond motifs is 7. The van der Waals surface area contributed by atoms with Gasteiger partial charge in [-0.2, -0.15) is 0 Å². The Labute approximate surface area is 359 Å². The molecule has 2 heterocycles. The van der Waals surface area contributed by atoms with Crippen LogP contribution in [0.5, 0.6) is 0 Å². The van der Waals surface area contributed by atoms with Crippen LogP contribution < -0.4 is 9.80 Å². The Hall–Kier alpha value is -8.34. The van der Waals surface area contributed by atoms with Gasteiger partial charge in [-0.3, -0.25) is 0 Å². The summed E-state index contributed by atoms with van der Waals surface area (Å²) in [6.07, 6.45) is 0. The second-order valence-corrected chi connectivity index (χ2v) is 15.7. The summed E-state index contributed by atoms with van der Waals surface area (Å²) in [6, 6.07) is 84.6. The maximum absolute atomic E-state index is 6.34. The molecule has 0 saturated heterocycles. The number of hydrogen-bond donors (Lipinski definition) is 0. The minimum Gasteiger partial charge on any atom is -0.456 e. The van der Waals surface area contributed by atoms with Gasteiger partial charge in [0.25, 0.3) is 0 Å². The highest BCUT2D eigenvalue weighted by Gasteiger charge is 2.22. The normalized spacial score (nSPS) is 11.5. The molecule has 0 amide bonds. The van der Waals surface area contributed by atoms with Crippen LogP contribution in [0.1, 0.15) is 0 Å². The van der Waals surface area contributed by atoms with Crippen LogP contribution in [0.4, 0.5) is 34.1 Å². The van der Waals surface area contributed by atoms with Crippen molar-refractivity contribution >= 4 is 88.6 Å². The van der Waals surface area contributed by atoms with Gasteiger partial charge in [-0.15, -0.1) is 0 Å². The summed E-state index contributed by atoms with van der Waals surface area (Å²) in [5.41, 5.74) is 14.1. The van der Waals surface area contributed by atoms with E-state index in [0.717, 1.165) is 67.3 Å². The molecule has 0 aliphatic carbocycles. The van der Waals surface area contributed by atoms with Crippen molar-refractivity contribution in [2.24, 2.45) is 0 Å². The monoisotopic (exact) mass is 793 g/mol. The van der Waals surface area contributed by atoms with Crippen molar-refractivity contribution in [1.29, 1.82) is 0 Å². The zero-order chi connectivity index (χ0) is 41.0. The van der Waals surface area contributed by atoms with Gasteiger partial charge in [0.1, 0.15) is 11.2 Å². The first-order valence-electron chi connectivity index (χ1n) is 21.1. The van der Waals surface area contributed by atoms with Gasteiger partial charge in [-0.25, -0.2) is 0 Å². The third-order valence-corrected chi connectivity index (χ3v) is 12.2. The number of furan rings is 1. The van der Waals surface area contributed by atoms with Crippen molar-refractivity contribution in [1.82, 2.24) is 4.57 Å². The van der Waals surface area contributed by atoms with Crippen LogP contribution in [-0.4, -0.2) is 4.57 Å². The van der Waals surface area contributed by atoms with Gasteiger partial charge in [0, 0.05) is 50.0 Å². The van der Waals surface area contributed by atoms with Gasteiger partial charge in [-0.05, 0) is 108 Å². The molecule has 0 aliphatic heterocycles. The highest BCUT2D eigenvalue weighted by atomic mass is 16.3. The molecule has 4 heteroatoms. The minimum absolute atomic E-state index is 0.871. The first kappa shape index (κ1) is 35.6. The number of hydrogen-bond acceptors (Lipinski definition) is 3. The fourth-order valence-electron chi connectivity index (χ4n) is 9.42. The Bertz CT molecular complexity index is 3570. The molecule has 10 aromatic carbocycles. The zero-order valence-electron chi connectivity index (χ0n) is 33.8. The van der Waals surface area contributed by atoms with Crippen LogP contribution in [0.25, 0.3) is 71.3 Å². The van der Waals surface area contributed by atoms with E-state index in [9.17, 15) is 0 Å². The Kier molecular flexibility index (Phi) is 8.46. The van der Waals surface area contributed by atoms with Crippen LogP contribution in [-0.2, 0) is 0 Å². The molecular formula is C58H39N3O. The number of aromatic nitrogens is 1. The molecule has 0 atom stereocenters. The molecule has 0 fully saturated rings. The van der Waals surface area contributed by atoms with Crippen molar-refractivity contribution in [2.75, 3.05) is 9.80 Å². The maximum atomic E-state index is 6.34. The van der Waals surface area contributed by atoms with E-state index in [-0.39, 0.29) is 0 Å². The second kappa shape index (κ2) is 14.7. The predicted octanol–water partition coefficient (Wildman–Crippen LogP) is 16.4.